The number of hydrogen-bond donors (Lipinski definition) is 1. The van der Waals surface area contributed by atoms with Gasteiger partial charge in [0.25, 0.3) is 0 Å². The van der Waals surface area contributed by atoms with Gasteiger partial charge in [-0.1, -0.05) is 0 Å². The fourth-order valence-corrected chi connectivity index (χ4v) is 1.22. The molecule has 2 heterocycles. The Hall–Kier alpha value is -1.70. The molecule has 0 saturated heterocycles. The molecule has 2 aromatic rings. The van der Waals surface area contributed by atoms with Crippen LogP contribution in [-0.4, -0.2) is 32.5 Å². The van der Waals surface area contributed by atoms with Crippen LogP contribution in [0.5, 0.6) is 0 Å². The predicted molar refractivity (Wildman–Crippen MR) is 48.5 cm³/mol. The third-order valence-electron chi connectivity index (χ3n) is 1.85. The van der Waals surface area contributed by atoms with E-state index < -0.39 is 12.7 Å². The van der Waals surface area contributed by atoms with Crippen molar-refractivity contribution in [1.82, 2.24) is 25.1 Å². The van der Waals surface area contributed by atoms with E-state index in [4.69, 9.17) is 0 Å². The number of aromatic nitrogens is 4. The van der Waals surface area contributed by atoms with Crippen LogP contribution in [0.4, 0.5) is 13.2 Å². The van der Waals surface area contributed by atoms with Gasteiger partial charge in [0.05, 0.1) is 13.1 Å². The molecule has 0 atom stereocenters. The summed E-state index contributed by atoms with van der Waals surface area (Å²) in [6.07, 6.45) is -2.71. The molecule has 0 unspecified atom stereocenters. The molecule has 86 valence electrons. The highest BCUT2D eigenvalue weighted by Gasteiger charge is 2.26. The summed E-state index contributed by atoms with van der Waals surface area (Å²) >= 11 is 0. The maximum atomic E-state index is 11.9. The van der Waals surface area contributed by atoms with Gasteiger partial charge < -0.3 is 5.32 Å². The van der Waals surface area contributed by atoms with Gasteiger partial charge in [0.1, 0.15) is 0 Å². The molecule has 2 aromatic heterocycles. The van der Waals surface area contributed by atoms with Crippen LogP contribution in [0, 0.1) is 0 Å². The zero-order chi connectivity index (χ0) is 11.6. The molecular weight excluding hydrogens is 223 g/mol. The summed E-state index contributed by atoms with van der Waals surface area (Å²) in [6, 6.07) is 3.35. The topological polar surface area (TPSA) is 55.1 Å². The van der Waals surface area contributed by atoms with Crippen molar-refractivity contribution >= 4 is 5.65 Å². The second-order valence-corrected chi connectivity index (χ2v) is 3.13. The summed E-state index contributed by atoms with van der Waals surface area (Å²) in [5, 5.41) is 13.7. The lowest BCUT2D eigenvalue weighted by Crippen LogP contribution is -2.29. The second-order valence-electron chi connectivity index (χ2n) is 3.13. The highest BCUT2D eigenvalue weighted by molar-refractivity contribution is 5.34. The Morgan fingerprint density at radius 1 is 1.31 bits per heavy atom. The average molecular weight is 231 g/mol. The number of halogens is 3. The van der Waals surface area contributed by atoms with Gasteiger partial charge in [-0.25, -0.2) is 0 Å². The highest BCUT2D eigenvalue weighted by Crippen LogP contribution is 2.12. The van der Waals surface area contributed by atoms with Crippen molar-refractivity contribution in [2.24, 2.45) is 0 Å². The van der Waals surface area contributed by atoms with E-state index in [0.29, 0.717) is 11.5 Å². The Balaban J connectivity index is 2.05. The summed E-state index contributed by atoms with van der Waals surface area (Å²) in [4.78, 5) is 0. The molecule has 1 N–H and O–H groups in total. The van der Waals surface area contributed by atoms with Gasteiger partial charge in [0.15, 0.2) is 11.5 Å². The van der Waals surface area contributed by atoms with Crippen molar-refractivity contribution < 1.29 is 13.2 Å². The number of hydrogen-bond acceptors (Lipinski definition) is 4. The zero-order valence-corrected chi connectivity index (χ0v) is 8.07. The lowest BCUT2D eigenvalue weighted by Gasteiger charge is -2.06. The van der Waals surface area contributed by atoms with Crippen LogP contribution in [0.3, 0.4) is 0 Å². The first-order valence-electron chi connectivity index (χ1n) is 4.49. The zero-order valence-electron chi connectivity index (χ0n) is 8.07. The van der Waals surface area contributed by atoms with E-state index in [1.807, 2.05) is 0 Å². The fourth-order valence-electron chi connectivity index (χ4n) is 1.22. The fraction of sp³-hybridized carbons (Fsp3) is 0.375. The van der Waals surface area contributed by atoms with Crippen molar-refractivity contribution in [1.29, 1.82) is 0 Å². The first kappa shape index (κ1) is 10.8. The minimum Gasteiger partial charge on any atom is -0.302 e. The van der Waals surface area contributed by atoms with Crippen LogP contribution in [0.15, 0.2) is 18.3 Å². The number of nitrogens with one attached hydrogen (secondary N) is 1. The predicted octanol–water partition coefficient (Wildman–Crippen LogP) is 0.776. The molecule has 0 saturated carbocycles. The molecule has 0 amide bonds. The molecular formula is C8H8F3N5. The molecule has 0 aliphatic rings. The molecule has 5 nitrogen and oxygen atoms in total. The van der Waals surface area contributed by atoms with Crippen LogP contribution in [0.1, 0.15) is 5.82 Å². The van der Waals surface area contributed by atoms with Crippen molar-refractivity contribution in [3.05, 3.63) is 24.2 Å². The van der Waals surface area contributed by atoms with Crippen LogP contribution >= 0.6 is 0 Å². The summed E-state index contributed by atoms with van der Waals surface area (Å²) < 4.78 is 37.0. The van der Waals surface area contributed by atoms with Crippen LogP contribution in [-0.2, 0) is 6.54 Å². The Morgan fingerprint density at radius 2 is 2.12 bits per heavy atom. The molecule has 0 bridgehead atoms. The van der Waals surface area contributed by atoms with E-state index in [2.05, 4.69) is 20.6 Å². The number of fused-ring (bicyclic) bond motifs is 1. The summed E-state index contributed by atoms with van der Waals surface area (Å²) in [5.74, 6) is 0.347. The molecule has 0 fully saturated rings. The van der Waals surface area contributed by atoms with Crippen molar-refractivity contribution in [3.63, 3.8) is 0 Å². The van der Waals surface area contributed by atoms with Gasteiger partial charge in [0, 0.05) is 6.20 Å². The molecule has 0 aromatic carbocycles. The average Bonchev–Trinajstić information content (AvgIpc) is 2.60. The maximum absolute atomic E-state index is 11.9. The quantitative estimate of drug-likeness (QED) is 0.848. The van der Waals surface area contributed by atoms with E-state index in [1.165, 1.54) is 10.7 Å². The van der Waals surface area contributed by atoms with Crippen LogP contribution in [0.2, 0.25) is 0 Å². The SMILES string of the molecule is FC(F)(F)CNCc1nnc2cccnn12. The van der Waals surface area contributed by atoms with Gasteiger partial charge in [-0.3, -0.25) is 0 Å². The minimum atomic E-state index is -4.23. The van der Waals surface area contributed by atoms with E-state index in [-0.39, 0.29) is 6.54 Å². The van der Waals surface area contributed by atoms with Crippen molar-refractivity contribution in [2.45, 2.75) is 12.7 Å². The molecule has 0 aliphatic heterocycles. The molecule has 16 heavy (non-hydrogen) atoms. The third-order valence-corrected chi connectivity index (χ3v) is 1.85. The molecule has 2 rings (SSSR count). The van der Waals surface area contributed by atoms with Gasteiger partial charge in [-0.2, -0.15) is 22.8 Å². The Labute approximate surface area is 88.3 Å². The van der Waals surface area contributed by atoms with Gasteiger partial charge in [0.2, 0.25) is 0 Å². The Kier molecular flexibility index (Phi) is 2.73. The lowest BCUT2D eigenvalue weighted by molar-refractivity contribution is -0.125. The van der Waals surface area contributed by atoms with E-state index in [1.54, 1.807) is 12.1 Å². The first-order chi connectivity index (χ1) is 7.56. The Bertz CT molecular complexity index is 478. The normalized spacial score (nSPS) is 12.2. The van der Waals surface area contributed by atoms with Crippen LogP contribution < -0.4 is 5.32 Å². The second kappa shape index (κ2) is 4.05. The minimum absolute atomic E-state index is 0.0301. The molecule has 8 heteroatoms. The van der Waals surface area contributed by atoms with Crippen molar-refractivity contribution in [2.75, 3.05) is 6.54 Å². The number of nitrogens with zero attached hydrogens (tertiary/aromatic N) is 4. The van der Waals surface area contributed by atoms with E-state index in [9.17, 15) is 13.2 Å². The lowest BCUT2D eigenvalue weighted by atomic mass is 10.5. The Morgan fingerprint density at radius 3 is 2.88 bits per heavy atom. The molecule has 0 spiro atoms. The standard InChI is InChI=1S/C8H8F3N5/c9-8(10,11)5-12-4-7-15-14-6-2-1-3-13-16(6)7/h1-3,12H,4-5H2. The molecule has 0 aliphatic carbocycles. The van der Waals surface area contributed by atoms with Crippen LogP contribution in [0.25, 0.3) is 5.65 Å². The number of rotatable bonds is 3. The van der Waals surface area contributed by atoms with E-state index >= 15 is 0 Å². The largest absolute Gasteiger partial charge is 0.401 e. The van der Waals surface area contributed by atoms with Gasteiger partial charge in [-0.05, 0) is 12.1 Å². The van der Waals surface area contributed by atoms with Gasteiger partial charge in [-0.15, -0.1) is 10.2 Å². The monoisotopic (exact) mass is 231 g/mol. The maximum Gasteiger partial charge on any atom is 0.401 e. The van der Waals surface area contributed by atoms with Gasteiger partial charge >= 0.3 is 6.18 Å². The summed E-state index contributed by atoms with van der Waals surface area (Å²) in [5.41, 5.74) is 0.506. The smallest absolute Gasteiger partial charge is 0.302 e. The third kappa shape index (κ3) is 2.45. The highest BCUT2D eigenvalue weighted by atomic mass is 19.4. The molecule has 0 radical (unpaired) electrons. The van der Waals surface area contributed by atoms with Crippen molar-refractivity contribution in [3.8, 4) is 0 Å². The number of alkyl halides is 3. The van der Waals surface area contributed by atoms with E-state index in [0.717, 1.165) is 0 Å². The summed E-state index contributed by atoms with van der Waals surface area (Å²) in [7, 11) is 0. The summed E-state index contributed by atoms with van der Waals surface area (Å²) in [6.45, 7) is -1.09. The first-order valence-corrected chi connectivity index (χ1v) is 4.49.